The minimum Gasteiger partial charge on any atom is -0.340 e. The smallest absolute Gasteiger partial charge is 0.131 e. The summed E-state index contributed by atoms with van der Waals surface area (Å²) in [7, 11) is 0. The molecule has 26 heavy (non-hydrogen) atoms. The Bertz CT molecular complexity index is 876. The molecule has 2 N–H and O–H groups in total. The van der Waals surface area contributed by atoms with Crippen LogP contribution in [0.4, 0.5) is 15.9 Å². The fourth-order valence-electron chi connectivity index (χ4n) is 3.34. The highest BCUT2D eigenvalue weighted by atomic mass is 19.1. The van der Waals surface area contributed by atoms with Crippen molar-refractivity contribution in [1.82, 2.24) is 15.3 Å². The summed E-state index contributed by atoms with van der Waals surface area (Å²) in [5.74, 6) is 0.834. The number of rotatable bonds is 4. The minimum atomic E-state index is -0.268. The highest BCUT2D eigenvalue weighted by molar-refractivity contribution is 5.69. The van der Waals surface area contributed by atoms with Crippen molar-refractivity contribution in [1.29, 1.82) is 0 Å². The number of benzene rings is 1. The molecular weight excluding hydrogens is 327 g/mol. The predicted molar refractivity (Wildman–Crippen MR) is 102 cm³/mol. The van der Waals surface area contributed by atoms with Crippen LogP contribution in [-0.4, -0.2) is 23.1 Å². The van der Waals surface area contributed by atoms with Crippen molar-refractivity contribution in [2.24, 2.45) is 0 Å². The van der Waals surface area contributed by atoms with Crippen LogP contribution in [0.5, 0.6) is 0 Å². The van der Waals surface area contributed by atoms with E-state index in [0.29, 0.717) is 11.6 Å². The molecule has 2 aromatic heterocycles. The average Bonchev–Trinajstić information content (AvgIpc) is 2.69. The van der Waals surface area contributed by atoms with E-state index in [1.54, 1.807) is 12.3 Å². The van der Waals surface area contributed by atoms with Gasteiger partial charge >= 0.3 is 0 Å². The number of halogens is 1. The van der Waals surface area contributed by atoms with Gasteiger partial charge in [-0.1, -0.05) is 12.1 Å². The van der Waals surface area contributed by atoms with Crippen molar-refractivity contribution >= 4 is 11.5 Å². The quantitative estimate of drug-likeness (QED) is 0.729. The molecule has 132 valence electrons. The number of hydrogen-bond donors (Lipinski definition) is 2. The van der Waals surface area contributed by atoms with E-state index < -0.39 is 0 Å². The van der Waals surface area contributed by atoms with Crippen LogP contribution in [-0.2, 0) is 0 Å². The van der Waals surface area contributed by atoms with Crippen LogP contribution in [0.25, 0.3) is 11.1 Å². The molecule has 1 unspecified atom stereocenters. The highest BCUT2D eigenvalue weighted by Gasteiger charge is 2.18. The lowest BCUT2D eigenvalue weighted by atomic mass is 9.94. The number of aromatic nitrogens is 2. The van der Waals surface area contributed by atoms with Crippen molar-refractivity contribution in [2.45, 2.75) is 18.8 Å². The molecule has 0 aliphatic carbocycles. The molecule has 0 saturated carbocycles. The third-order valence-electron chi connectivity index (χ3n) is 4.65. The van der Waals surface area contributed by atoms with Crippen LogP contribution in [0.2, 0.25) is 0 Å². The maximum Gasteiger partial charge on any atom is 0.131 e. The first-order valence-electron chi connectivity index (χ1n) is 8.93. The molecule has 3 aromatic rings. The monoisotopic (exact) mass is 348 g/mol. The van der Waals surface area contributed by atoms with Gasteiger partial charge in [-0.2, -0.15) is 0 Å². The lowest BCUT2D eigenvalue weighted by molar-refractivity contribution is 0.455. The second-order valence-corrected chi connectivity index (χ2v) is 6.59. The van der Waals surface area contributed by atoms with E-state index in [2.05, 4.69) is 21.7 Å². The number of nitrogens with zero attached hydrogens (tertiary/aromatic N) is 2. The van der Waals surface area contributed by atoms with Gasteiger partial charge in [-0.15, -0.1) is 0 Å². The van der Waals surface area contributed by atoms with Gasteiger partial charge in [0.2, 0.25) is 0 Å². The first-order chi connectivity index (χ1) is 12.8. The first-order valence-corrected chi connectivity index (χ1v) is 8.93. The van der Waals surface area contributed by atoms with E-state index in [9.17, 15) is 4.39 Å². The zero-order chi connectivity index (χ0) is 17.8. The number of anilines is 2. The van der Waals surface area contributed by atoms with E-state index in [0.717, 1.165) is 48.6 Å². The predicted octanol–water partition coefficient (Wildman–Crippen LogP) is 4.49. The number of nitrogens with one attached hydrogen (secondary N) is 2. The lowest BCUT2D eigenvalue weighted by Crippen LogP contribution is -2.28. The molecule has 0 bridgehead atoms. The second kappa shape index (κ2) is 7.62. The summed E-state index contributed by atoms with van der Waals surface area (Å²) < 4.78 is 13.5. The van der Waals surface area contributed by atoms with Crippen LogP contribution in [0.1, 0.15) is 24.5 Å². The Morgan fingerprint density at radius 2 is 2.04 bits per heavy atom. The molecule has 1 saturated heterocycles. The Kier molecular flexibility index (Phi) is 4.88. The molecule has 4 rings (SSSR count). The number of pyridine rings is 2. The van der Waals surface area contributed by atoms with Gasteiger partial charge in [0.1, 0.15) is 11.6 Å². The largest absolute Gasteiger partial charge is 0.340 e. The van der Waals surface area contributed by atoms with E-state index in [4.69, 9.17) is 4.98 Å². The molecule has 1 aliphatic rings. The second-order valence-electron chi connectivity index (χ2n) is 6.59. The fourth-order valence-corrected chi connectivity index (χ4v) is 3.34. The van der Waals surface area contributed by atoms with Crippen LogP contribution >= 0.6 is 0 Å². The Balaban J connectivity index is 1.72. The molecule has 1 aliphatic heterocycles. The van der Waals surface area contributed by atoms with Crippen LogP contribution in [0.15, 0.2) is 60.9 Å². The van der Waals surface area contributed by atoms with Crippen molar-refractivity contribution in [3.63, 3.8) is 0 Å². The number of piperidine rings is 1. The molecule has 0 radical (unpaired) electrons. The normalized spacial score (nSPS) is 17.0. The molecule has 5 heteroatoms. The average molecular weight is 348 g/mol. The zero-order valence-electron chi connectivity index (χ0n) is 14.5. The molecule has 4 nitrogen and oxygen atoms in total. The van der Waals surface area contributed by atoms with Crippen LogP contribution in [0.3, 0.4) is 0 Å². The van der Waals surface area contributed by atoms with Gasteiger partial charge in [0, 0.05) is 41.8 Å². The Morgan fingerprint density at radius 3 is 2.81 bits per heavy atom. The van der Waals surface area contributed by atoms with Crippen LogP contribution < -0.4 is 10.6 Å². The van der Waals surface area contributed by atoms with E-state index in [1.807, 2.05) is 30.5 Å². The summed E-state index contributed by atoms with van der Waals surface area (Å²) in [6.07, 6.45) is 5.89. The van der Waals surface area contributed by atoms with Crippen LogP contribution in [0, 0.1) is 5.82 Å². The standard InChI is InChI=1S/C21H21FN4/c22-18-6-1-7-19(12-18)25-21-11-17(15-4-2-8-23-13-15)10-20(26-21)16-5-3-9-24-14-16/h1-2,4,6-8,10-13,16,24H,3,5,9,14H2,(H,25,26). The van der Waals surface area contributed by atoms with E-state index >= 15 is 0 Å². The van der Waals surface area contributed by atoms with Gasteiger partial charge in [-0.25, -0.2) is 9.37 Å². The minimum absolute atomic E-state index is 0.268. The molecule has 0 amide bonds. The van der Waals surface area contributed by atoms with Gasteiger partial charge in [-0.3, -0.25) is 4.98 Å². The van der Waals surface area contributed by atoms with Gasteiger partial charge in [-0.05, 0) is 61.3 Å². The van der Waals surface area contributed by atoms with Crippen molar-refractivity contribution < 1.29 is 4.39 Å². The highest BCUT2D eigenvalue weighted by Crippen LogP contribution is 2.29. The Morgan fingerprint density at radius 1 is 1.08 bits per heavy atom. The fraction of sp³-hybridized carbons (Fsp3) is 0.238. The van der Waals surface area contributed by atoms with E-state index in [-0.39, 0.29) is 5.82 Å². The summed E-state index contributed by atoms with van der Waals surface area (Å²) in [6, 6.07) is 14.5. The summed E-state index contributed by atoms with van der Waals surface area (Å²) >= 11 is 0. The maximum atomic E-state index is 13.5. The summed E-state index contributed by atoms with van der Waals surface area (Å²) in [4.78, 5) is 9.04. The Labute approximate surface area is 152 Å². The SMILES string of the molecule is Fc1cccc(Nc2cc(-c3cccnc3)cc(C3CCCNC3)n2)c1. The maximum absolute atomic E-state index is 13.5. The van der Waals surface area contributed by atoms with Gasteiger partial charge in [0.15, 0.2) is 0 Å². The first kappa shape index (κ1) is 16.7. The molecule has 1 fully saturated rings. The zero-order valence-corrected chi connectivity index (χ0v) is 14.5. The third kappa shape index (κ3) is 3.89. The summed E-state index contributed by atoms with van der Waals surface area (Å²) in [5, 5.41) is 6.69. The summed E-state index contributed by atoms with van der Waals surface area (Å²) in [5.41, 5.74) is 3.85. The lowest BCUT2D eigenvalue weighted by Gasteiger charge is -2.23. The van der Waals surface area contributed by atoms with Gasteiger partial charge in [0.25, 0.3) is 0 Å². The summed E-state index contributed by atoms with van der Waals surface area (Å²) in [6.45, 7) is 2.00. The van der Waals surface area contributed by atoms with Crippen molar-refractivity contribution in [3.05, 3.63) is 72.4 Å². The molecular formula is C21H21FN4. The molecule has 1 atom stereocenters. The van der Waals surface area contributed by atoms with Crippen molar-refractivity contribution in [3.8, 4) is 11.1 Å². The topological polar surface area (TPSA) is 49.8 Å². The Hall–Kier alpha value is -2.79. The molecule has 0 spiro atoms. The molecule has 3 heterocycles. The molecule has 1 aromatic carbocycles. The van der Waals surface area contributed by atoms with Gasteiger partial charge in [0.05, 0.1) is 0 Å². The third-order valence-corrected chi connectivity index (χ3v) is 4.65. The van der Waals surface area contributed by atoms with Crippen molar-refractivity contribution in [2.75, 3.05) is 18.4 Å². The van der Waals surface area contributed by atoms with E-state index in [1.165, 1.54) is 12.1 Å². The number of hydrogen-bond acceptors (Lipinski definition) is 4. The van der Waals surface area contributed by atoms with Gasteiger partial charge < -0.3 is 10.6 Å².